The van der Waals surface area contributed by atoms with E-state index in [2.05, 4.69) is 0 Å². The van der Waals surface area contributed by atoms with Crippen LogP contribution < -0.4 is 0 Å². The predicted octanol–water partition coefficient (Wildman–Crippen LogP) is -2.48. The summed E-state index contributed by atoms with van der Waals surface area (Å²) in [5.41, 5.74) is 0. The van der Waals surface area contributed by atoms with E-state index in [-0.39, 0.29) is 93.9 Å². The number of hydrogen-bond acceptors (Lipinski definition) is 0. The molecule has 0 aromatic rings. The first kappa shape index (κ1) is 118. The summed E-state index contributed by atoms with van der Waals surface area (Å²) in [4.78, 5) is 0. The average molecular weight is 390 g/mol. The van der Waals surface area contributed by atoms with Crippen LogP contribution in [0.15, 0.2) is 0 Å². The molecule has 0 amide bonds. The molecule has 7 heavy (non-hydrogen) atoms. The molecular weight excluding hydrogens is 384 g/mol. The van der Waals surface area contributed by atoms with Gasteiger partial charge in [-0.15, -0.1) is 0 Å². The Labute approximate surface area is 93.0 Å². The first-order valence-corrected chi connectivity index (χ1v) is 0. The van der Waals surface area contributed by atoms with Gasteiger partial charge in [0.25, 0.3) is 0 Å². The van der Waals surface area contributed by atoms with Gasteiger partial charge in [-0.2, -0.15) is 0 Å². The Bertz CT molecular complexity index is 12.9. The van der Waals surface area contributed by atoms with Gasteiger partial charge in [0.15, 0.2) is 0 Å². The summed E-state index contributed by atoms with van der Waals surface area (Å²) in [6.07, 6.45) is 0. The molecule has 7 heteroatoms. The van der Waals surface area contributed by atoms with Crippen molar-refractivity contribution in [3.8, 4) is 0 Å². The first-order chi connectivity index (χ1) is 0. The Balaban J connectivity index is 0. The van der Waals surface area contributed by atoms with Gasteiger partial charge in [0, 0.05) is 77.5 Å². The van der Waals surface area contributed by atoms with E-state index in [4.69, 9.17) is 0 Å². The van der Waals surface area contributed by atoms with Gasteiger partial charge in [0.2, 0.25) is 0 Å². The fourth-order valence-electron chi connectivity index (χ4n) is 0. The minimum Gasteiger partial charge on any atom is -0.412 e. The molecule has 0 saturated heterocycles. The zero-order valence-electron chi connectivity index (χ0n) is 3.22. The molecule has 0 saturated carbocycles. The molecule has 0 bridgehead atoms. The smallest absolute Gasteiger partial charge is 0 e. The molecule has 6 N–H and O–H groups in total. The molecular formula is H6Cr2O3TiW. The topological polar surface area (TPSA) is 94.5 Å². The van der Waals surface area contributed by atoms with Gasteiger partial charge < -0.3 is 16.4 Å². The standard InChI is InChI=1S/2Cr.3H2O.Ti.W/h;;3*1H2;;. The van der Waals surface area contributed by atoms with Gasteiger partial charge in [-0.05, 0) is 0 Å². The minimum absolute atomic E-state index is 0. The fraction of sp³-hybridized carbons (Fsp3) is 0. The summed E-state index contributed by atoms with van der Waals surface area (Å²) in [6, 6.07) is 0. The van der Waals surface area contributed by atoms with Crippen molar-refractivity contribution >= 4 is 0 Å². The molecule has 0 aromatic heterocycles. The van der Waals surface area contributed by atoms with Crippen molar-refractivity contribution in [1.82, 2.24) is 0 Å². The van der Waals surface area contributed by atoms with Crippen LogP contribution in [0.25, 0.3) is 0 Å². The Morgan fingerprint density at radius 2 is 0.571 bits per heavy atom. The van der Waals surface area contributed by atoms with Gasteiger partial charge in [0.05, 0.1) is 0 Å². The van der Waals surface area contributed by atoms with Crippen LogP contribution in [0, 0.1) is 0 Å². The van der Waals surface area contributed by atoms with E-state index in [1.165, 1.54) is 0 Å². The van der Waals surface area contributed by atoms with Crippen molar-refractivity contribution < 1.29 is 93.9 Å². The Morgan fingerprint density at radius 3 is 0.571 bits per heavy atom. The summed E-state index contributed by atoms with van der Waals surface area (Å²) in [7, 11) is 0. The minimum atomic E-state index is 0. The molecule has 0 radical (unpaired) electrons. The third kappa shape index (κ3) is 61.0. The third-order valence-corrected chi connectivity index (χ3v) is 0. The molecule has 46 valence electrons. The quantitative estimate of drug-likeness (QED) is 0.410. The van der Waals surface area contributed by atoms with Gasteiger partial charge in [-0.25, -0.2) is 0 Å². The van der Waals surface area contributed by atoms with Gasteiger partial charge >= 0.3 is 0 Å². The van der Waals surface area contributed by atoms with Gasteiger partial charge in [-0.3, -0.25) is 0 Å². The van der Waals surface area contributed by atoms with Crippen molar-refractivity contribution in [1.29, 1.82) is 0 Å². The Kier molecular flexibility index (Phi) is 1380. The second kappa shape index (κ2) is 81.8. The molecule has 0 aliphatic carbocycles. The van der Waals surface area contributed by atoms with E-state index >= 15 is 0 Å². The summed E-state index contributed by atoms with van der Waals surface area (Å²) in [5.74, 6) is 0. The van der Waals surface area contributed by atoms with E-state index in [1.54, 1.807) is 0 Å². The van der Waals surface area contributed by atoms with E-state index in [1.807, 2.05) is 0 Å². The summed E-state index contributed by atoms with van der Waals surface area (Å²) >= 11 is 0. The van der Waals surface area contributed by atoms with Crippen LogP contribution in [-0.2, 0) is 77.5 Å². The summed E-state index contributed by atoms with van der Waals surface area (Å²) in [6.45, 7) is 0. The van der Waals surface area contributed by atoms with E-state index in [9.17, 15) is 0 Å². The number of hydrogen-bond donors (Lipinski definition) is 0. The molecule has 0 atom stereocenters. The zero-order chi connectivity index (χ0) is 0. The molecule has 0 aliphatic heterocycles. The maximum atomic E-state index is 0. The van der Waals surface area contributed by atoms with Crippen LogP contribution in [0.4, 0.5) is 0 Å². The van der Waals surface area contributed by atoms with Gasteiger partial charge in [-0.1, -0.05) is 0 Å². The second-order valence-electron chi connectivity index (χ2n) is 0. The molecule has 0 aromatic carbocycles. The molecule has 0 spiro atoms. The maximum Gasteiger partial charge on any atom is 0 e. The molecule has 0 unspecified atom stereocenters. The van der Waals surface area contributed by atoms with Crippen LogP contribution in [0.3, 0.4) is 0 Å². The molecule has 0 rings (SSSR count). The maximum absolute atomic E-state index is 0. The predicted molar refractivity (Wildman–Crippen MR) is 10.8 cm³/mol. The van der Waals surface area contributed by atoms with Crippen molar-refractivity contribution in [3.05, 3.63) is 0 Å². The monoisotopic (exact) mass is 390 g/mol. The van der Waals surface area contributed by atoms with Crippen molar-refractivity contribution in [3.63, 3.8) is 0 Å². The first-order valence-electron chi connectivity index (χ1n) is 0. The van der Waals surface area contributed by atoms with Gasteiger partial charge in [0.1, 0.15) is 0 Å². The fourth-order valence-corrected chi connectivity index (χ4v) is 0. The SMILES string of the molecule is O.O.O.[Cr].[Cr].[Ti].[W]. The molecule has 0 heterocycles. The van der Waals surface area contributed by atoms with Crippen molar-refractivity contribution in [2.45, 2.75) is 0 Å². The Hall–Kier alpha value is 2.35. The molecule has 3 nitrogen and oxygen atoms in total. The van der Waals surface area contributed by atoms with Crippen molar-refractivity contribution in [2.75, 3.05) is 0 Å². The van der Waals surface area contributed by atoms with E-state index in [0.29, 0.717) is 0 Å². The Morgan fingerprint density at radius 1 is 0.571 bits per heavy atom. The molecule has 0 fully saturated rings. The van der Waals surface area contributed by atoms with Crippen LogP contribution in [-0.4, -0.2) is 16.4 Å². The van der Waals surface area contributed by atoms with Crippen molar-refractivity contribution in [2.24, 2.45) is 0 Å². The molecule has 0 aliphatic rings. The van der Waals surface area contributed by atoms with Crippen LogP contribution in [0.5, 0.6) is 0 Å². The normalized spacial score (nSPS) is 0. The van der Waals surface area contributed by atoms with E-state index < -0.39 is 0 Å². The number of rotatable bonds is 0. The third-order valence-electron chi connectivity index (χ3n) is 0. The zero-order valence-corrected chi connectivity index (χ0v) is 10.3. The summed E-state index contributed by atoms with van der Waals surface area (Å²) in [5, 5.41) is 0. The van der Waals surface area contributed by atoms with Crippen LogP contribution in [0.2, 0.25) is 0 Å². The second-order valence-corrected chi connectivity index (χ2v) is 0. The van der Waals surface area contributed by atoms with Crippen LogP contribution in [0.1, 0.15) is 0 Å². The van der Waals surface area contributed by atoms with Crippen LogP contribution >= 0.6 is 0 Å². The largest absolute Gasteiger partial charge is 0.412 e. The van der Waals surface area contributed by atoms with E-state index in [0.717, 1.165) is 0 Å². The average Bonchev–Trinajstić information content (AvgIpc) is 0. The summed E-state index contributed by atoms with van der Waals surface area (Å²) < 4.78 is 0.